The predicted octanol–water partition coefficient (Wildman–Crippen LogP) is -0.280. The van der Waals surface area contributed by atoms with E-state index >= 15 is 0 Å². The number of hydrogen-bond donors (Lipinski definition) is 0. The molecule has 0 aliphatic carbocycles. The molecule has 0 saturated carbocycles. The molecule has 0 unspecified atom stereocenters. The van der Waals surface area contributed by atoms with Crippen LogP contribution in [0.3, 0.4) is 0 Å². The van der Waals surface area contributed by atoms with E-state index < -0.39 is 17.9 Å². The van der Waals surface area contributed by atoms with Crippen molar-refractivity contribution in [1.29, 1.82) is 0 Å². The smallest absolute Gasteiger partial charge is 0.301 e. The second-order valence-corrected chi connectivity index (χ2v) is 1.97. The van der Waals surface area contributed by atoms with Gasteiger partial charge >= 0.3 is 17.9 Å². The molecule has 0 atom stereocenters. The summed E-state index contributed by atoms with van der Waals surface area (Å²) >= 11 is 0. The summed E-state index contributed by atoms with van der Waals surface area (Å²) < 4.78 is 0. The van der Waals surface area contributed by atoms with Crippen molar-refractivity contribution in [2.45, 2.75) is 20.8 Å². The van der Waals surface area contributed by atoms with Crippen LogP contribution < -0.4 is 0 Å². The molecule has 0 bridgehead atoms. The summed E-state index contributed by atoms with van der Waals surface area (Å²) in [6.07, 6.45) is 0. The molecule has 0 heterocycles. The van der Waals surface area contributed by atoms with Crippen molar-refractivity contribution in [2.75, 3.05) is 0 Å². The van der Waals surface area contributed by atoms with E-state index in [2.05, 4.69) is 14.5 Å². The van der Waals surface area contributed by atoms with E-state index in [0.717, 1.165) is 20.8 Å². The molecule has 0 spiro atoms. The molecule has 0 N–H and O–H groups in total. The van der Waals surface area contributed by atoms with Crippen LogP contribution in [0.4, 0.5) is 0 Å². The van der Waals surface area contributed by atoms with Crippen molar-refractivity contribution in [3.05, 3.63) is 0 Å². The van der Waals surface area contributed by atoms with Crippen molar-refractivity contribution in [3.63, 3.8) is 0 Å². The zero-order chi connectivity index (χ0) is 10.4. The maximum absolute atomic E-state index is 10.4. The van der Waals surface area contributed by atoms with E-state index in [9.17, 15) is 14.4 Å². The van der Waals surface area contributed by atoms with Crippen molar-refractivity contribution >= 4 is 17.9 Å². The van der Waals surface area contributed by atoms with Crippen LogP contribution in [0.1, 0.15) is 20.8 Å². The topological polar surface area (TPSA) is 82.1 Å². The molecule has 0 aliphatic rings. The molecule has 0 rings (SSSR count). The van der Waals surface area contributed by atoms with Gasteiger partial charge in [-0.15, -0.1) is 0 Å². The third-order valence-electron chi connectivity index (χ3n) is 0.609. The zero-order valence-corrected chi connectivity index (χ0v) is 8.85. The van der Waals surface area contributed by atoms with Crippen molar-refractivity contribution < 1.29 is 46.0 Å². The normalized spacial score (nSPS) is 8.57. The molecule has 0 amide bonds. The van der Waals surface area contributed by atoms with Gasteiger partial charge in [0.15, 0.2) is 0 Å². The summed E-state index contributed by atoms with van der Waals surface area (Å²) in [7, 11) is 0. The number of carbonyl (C=O) groups is 3. The maximum atomic E-state index is 10.4. The third-order valence-corrected chi connectivity index (χ3v) is 0.609. The second-order valence-electron chi connectivity index (χ2n) is 1.97. The average Bonchev–Trinajstić information content (AvgIpc) is 1.80. The Morgan fingerprint density at radius 1 is 0.786 bits per heavy atom. The average molecular weight is 247 g/mol. The van der Waals surface area contributed by atoms with E-state index in [-0.39, 0.29) is 22.5 Å². The molecular formula is C6H9FeNO6. The first-order valence-corrected chi connectivity index (χ1v) is 3.27. The van der Waals surface area contributed by atoms with E-state index in [1.807, 2.05) is 0 Å². The van der Waals surface area contributed by atoms with Gasteiger partial charge in [-0.3, -0.25) is 14.4 Å². The molecule has 0 aliphatic heterocycles. The second kappa shape index (κ2) is 7.31. The van der Waals surface area contributed by atoms with Crippen molar-refractivity contribution in [1.82, 2.24) is 5.39 Å². The van der Waals surface area contributed by atoms with Gasteiger partial charge in [-0.2, -0.15) is 0 Å². The van der Waals surface area contributed by atoms with Gasteiger partial charge in [0.25, 0.3) is 0 Å². The van der Waals surface area contributed by atoms with Gasteiger partial charge in [0, 0.05) is 37.8 Å². The van der Waals surface area contributed by atoms with Crippen LogP contribution in [-0.4, -0.2) is 23.3 Å². The van der Waals surface area contributed by atoms with Crippen LogP contribution in [-0.2, 0) is 46.0 Å². The molecule has 0 fully saturated rings. The summed E-state index contributed by atoms with van der Waals surface area (Å²) in [4.78, 5) is 43.7. The van der Waals surface area contributed by atoms with E-state index in [0.29, 0.717) is 0 Å². The molecule has 0 radical (unpaired) electrons. The van der Waals surface area contributed by atoms with Gasteiger partial charge < -0.3 is 14.5 Å². The van der Waals surface area contributed by atoms with Crippen LogP contribution in [0.2, 0.25) is 0 Å². The van der Waals surface area contributed by atoms with E-state index in [1.54, 1.807) is 0 Å². The van der Waals surface area contributed by atoms with Crippen molar-refractivity contribution in [2.24, 2.45) is 0 Å². The minimum absolute atomic E-state index is 0. The largest absolute Gasteiger partial charge is 0.329 e. The Kier molecular flexibility index (Phi) is 8.02. The fourth-order valence-corrected chi connectivity index (χ4v) is 0.371. The van der Waals surface area contributed by atoms with Gasteiger partial charge in [-0.05, 0) is 0 Å². The van der Waals surface area contributed by atoms with Gasteiger partial charge in [0.1, 0.15) is 0 Å². The first-order valence-electron chi connectivity index (χ1n) is 3.27. The number of rotatable bonds is 3. The number of nitrogens with zero attached hydrogens (tertiary/aromatic N) is 1. The van der Waals surface area contributed by atoms with Gasteiger partial charge in [-0.1, -0.05) is 0 Å². The fourth-order valence-electron chi connectivity index (χ4n) is 0.371. The van der Waals surface area contributed by atoms with Gasteiger partial charge in [0.2, 0.25) is 5.39 Å². The van der Waals surface area contributed by atoms with E-state index in [4.69, 9.17) is 0 Å². The summed E-state index contributed by atoms with van der Waals surface area (Å²) in [5.41, 5.74) is 0. The van der Waals surface area contributed by atoms with E-state index in [1.165, 1.54) is 0 Å². The standard InChI is InChI=1S/C6H9NO6.Fe/c1-4(8)11-7(12-5(2)9)13-6(3)10;/h1-3H3;. The predicted molar refractivity (Wildman–Crippen MR) is 37.1 cm³/mol. The molecular weight excluding hydrogens is 238 g/mol. The Hall–Kier alpha value is -1.11. The Morgan fingerprint density at radius 3 is 1.14 bits per heavy atom. The molecule has 82 valence electrons. The summed E-state index contributed by atoms with van der Waals surface area (Å²) in [5.74, 6) is -2.37. The maximum Gasteiger partial charge on any atom is 0.329 e. The van der Waals surface area contributed by atoms with Crippen LogP contribution in [0.25, 0.3) is 0 Å². The summed E-state index contributed by atoms with van der Waals surface area (Å²) in [6.45, 7) is 3.17. The monoisotopic (exact) mass is 247 g/mol. The van der Waals surface area contributed by atoms with Crippen LogP contribution in [0.15, 0.2) is 0 Å². The zero-order valence-electron chi connectivity index (χ0n) is 7.75. The van der Waals surface area contributed by atoms with Gasteiger partial charge in [-0.25, -0.2) is 0 Å². The number of carbonyl (C=O) groups excluding carboxylic acids is 3. The summed E-state index contributed by atoms with van der Waals surface area (Å²) in [5, 5.41) is 0.0486. The first-order chi connectivity index (χ1) is 5.91. The fraction of sp³-hybridized carbons (Fsp3) is 0.500. The molecule has 14 heavy (non-hydrogen) atoms. The molecule has 0 aromatic carbocycles. The molecule has 8 heteroatoms. The quantitative estimate of drug-likeness (QED) is 0.501. The van der Waals surface area contributed by atoms with Gasteiger partial charge in [0.05, 0.1) is 0 Å². The minimum atomic E-state index is -0.789. The summed E-state index contributed by atoms with van der Waals surface area (Å²) in [6, 6.07) is 0. The van der Waals surface area contributed by atoms with Crippen LogP contribution >= 0.6 is 0 Å². The Balaban J connectivity index is 0. The minimum Gasteiger partial charge on any atom is -0.301 e. The SMILES string of the molecule is CC(=O)ON(OC(C)=O)OC(C)=O.[Fe]. The first kappa shape index (κ1) is 15.4. The Bertz CT molecular complexity index is 192. The Labute approximate surface area is 90.6 Å². The third kappa shape index (κ3) is 8.98. The molecule has 0 aromatic rings. The van der Waals surface area contributed by atoms with Crippen LogP contribution in [0.5, 0.6) is 0 Å². The number of hydrogen-bond acceptors (Lipinski definition) is 7. The molecule has 0 aromatic heterocycles. The van der Waals surface area contributed by atoms with Crippen molar-refractivity contribution in [3.8, 4) is 0 Å². The molecule has 0 saturated heterocycles. The molecule has 7 nitrogen and oxygen atoms in total. The Morgan fingerprint density at radius 2 is 1.00 bits per heavy atom. The van der Waals surface area contributed by atoms with Crippen LogP contribution in [0, 0.1) is 0 Å².